The number of hydrogen-bond donors (Lipinski definition) is 1. The Balaban J connectivity index is -0.000000220. The molecule has 0 atom stereocenters. The van der Waals surface area contributed by atoms with Gasteiger partial charge in [0.2, 0.25) is 0 Å². The van der Waals surface area contributed by atoms with Gasteiger partial charge in [0.15, 0.2) is 0 Å². The van der Waals surface area contributed by atoms with E-state index in [0.717, 1.165) is 0 Å². The van der Waals surface area contributed by atoms with Crippen LogP contribution in [0.1, 0.15) is 13.8 Å². The van der Waals surface area contributed by atoms with Gasteiger partial charge < -0.3 is 19.6 Å². The standard InChI is InChI=1S/C6H9N2O.CHO2.Y/c1-6(2,4-7)8(3)5-9;2-1-3;/h1-3H3;(H,2,3);/q2*-1;. The number of carbonyl (C=O) groups excluding carboxylic acids is 1. The van der Waals surface area contributed by atoms with E-state index in [1.165, 1.54) is 11.9 Å². The second-order valence-electron chi connectivity index (χ2n) is 2.41. The van der Waals surface area contributed by atoms with Crippen LogP contribution in [0.5, 0.6) is 0 Å². The van der Waals surface area contributed by atoms with E-state index in [1.807, 2.05) is 6.07 Å². The maximum absolute atomic E-state index is 9.96. The molecule has 1 radical (unpaired) electrons. The second kappa shape index (κ2) is 9.62. The summed E-state index contributed by atoms with van der Waals surface area (Å²) in [4.78, 5) is 19.4. The van der Waals surface area contributed by atoms with Crippen molar-refractivity contribution in [3.05, 3.63) is 0 Å². The Labute approximate surface area is 103 Å². The SMILES string of the molecule is CN([C-]=O)C(C)(C)C#N.O=[C-]O.[Y]. The summed E-state index contributed by atoms with van der Waals surface area (Å²) in [5, 5.41) is 15.2. The molecule has 0 spiro atoms. The van der Waals surface area contributed by atoms with Gasteiger partial charge in [0, 0.05) is 32.7 Å². The molecule has 0 aliphatic rings. The number of aliphatic hydroxyl groups excluding tert-OH is 1. The normalized spacial score (nSPS) is 7.85. The molecule has 0 unspecified atom stereocenters. The smallest absolute Gasteiger partial charge is 0.0942 e. The summed E-state index contributed by atoms with van der Waals surface area (Å²) < 4.78 is 0. The summed E-state index contributed by atoms with van der Waals surface area (Å²) in [6.45, 7) is 3.80. The Bertz CT molecular complexity index is 189. The molecule has 0 saturated carbocycles. The van der Waals surface area contributed by atoms with Crippen LogP contribution in [0.3, 0.4) is 0 Å². The number of nitrogens with zero attached hydrogens (tertiary/aromatic N) is 2. The van der Waals surface area contributed by atoms with Gasteiger partial charge in [-0.25, -0.2) is 0 Å². The van der Waals surface area contributed by atoms with Crippen LogP contribution in [0.25, 0.3) is 0 Å². The van der Waals surface area contributed by atoms with Gasteiger partial charge in [0.25, 0.3) is 0 Å². The molecule has 0 aromatic heterocycles. The number of hydrogen-bond acceptors (Lipinski definition) is 3. The molecule has 1 N–H and O–H groups in total. The molecular weight excluding hydrogens is 249 g/mol. The van der Waals surface area contributed by atoms with Crippen LogP contribution in [0.4, 0.5) is 0 Å². The zero-order valence-electron chi connectivity index (χ0n) is 7.74. The summed E-state index contributed by atoms with van der Waals surface area (Å²) in [5.41, 5.74) is -0.734. The van der Waals surface area contributed by atoms with Gasteiger partial charge in [0.05, 0.1) is 11.6 Å². The molecule has 71 valence electrons. The number of rotatable bonds is 2. The summed E-state index contributed by atoms with van der Waals surface area (Å²) in [5.74, 6) is 0. The minimum Gasteiger partial charge on any atom is -0.665 e. The summed E-state index contributed by atoms with van der Waals surface area (Å²) in [6, 6.07) is 1.96. The zero-order valence-corrected chi connectivity index (χ0v) is 10.6. The van der Waals surface area contributed by atoms with Gasteiger partial charge in [-0.3, -0.25) is 0 Å². The van der Waals surface area contributed by atoms with Gasteiger partial charge in [-0.2, -0.15) is 11.7 Å². The Hall–Kier alpha value is -0.466. The first kappa shape index (κ1) is 18.3. The first-order valence-corrected chi connectivity index (χ1v) is 3.00. The minimum absolute atomic E-state index is 0. The molecule has 0 aliphatic heterocycles. The average Bonchev–Trinajstić information content (AvgIpc) is 2.04. The average molecular weight is 259 g/mol. The number of nitriles is 1. The van der Waals surface area contributed by atoms with Crippen molar-refractivity contribution in [1.29, 1.82) is 5.26 Å². The second-order valence-corrected chi connectivity index (χ2v) is 2.41. The third-order valence-corrected chi connectivity index (χ3v) is 1.25. The molecular formula is C7H10N2O3Y-2. The summed E-state index contributed by atoms with van der Waals surface area (Å²) in [7, 11) is 1.52. The van der Waals surface area contributed by atoms with E-state index in [9.17, 15) is 4.79 Å². The van der Waals surface area contributed by atoms with Crippen LogP contribution in [0.2, 0.25) is 0 Å². The monoisotopic (exact) mass is 259 g/mol. The molecule has 0 aliphatic carbocycles. The predicted molar refractivity (Wildman–Crippen MR) is 41.5 cm³/mol. The van der Waals surface area contributed by atoms with Crippen molar-refractivity contribution in [3.63, 3.8) is 0 Å². The Morgan fingerprint density at radius 3 is 1.85 bits per heavy atom. The molecule has 5 nitrogen and oxygen atoms in total. The Kier molecular flexibility index (Phi) is 13.6. The third-order valence-electron chi connectivity index (χ3n) is 1.25. The molecule has 1 amide bonds. The maximum atomic E-state index is 9.96. The molecule has 0 fully saturated rings. The van der Waals surface area contributed by atoms with Crippen molar-refractivity contribution in [3.8, 4) is 6.07 Å². The first-order chi connectivity index (χ1) is 5.46. The summed E-state index contributed by atoms with van der Waals surface area (Å²) in [6.07, 6.45) is 1.62. The molecule has 0 rings (SSSR count). The van der Waals surface area contributed by atoms with E-state index in [2.05, 4.69) is 0 Å². The van der Waals surface area contributed by atoms with E-state index in [4.69, 9.17) is 15.2 Å². The van der Waals surface area contributed by atoms with Crippen LogP contribution < -0.4 is 0 Å². The van der Waals surface area contributed by atoms with E-state index in [1.54, 1.807) is 20.3 Å². The Morgan fingerprint density at radius 1 is 1.46 bits per heavy atom. The van der Waals surface area contributed by atoms with Gasteiger partial charge in [0.1, 0.15) is 0 Å². The minimum atomic E-state index is -0.734. The first-order valence-electron chi connectivity index (χ1n) is 3.00. The fourth-order valence-corrected chi connectivity index (χ4v) is 0.189. The molecule has 0 aromatic rings. The topological polar surface area (TPSA) is 81.4 Å². The van der Waals surface area contributed by atoms with E-state index < -0.39 is 5.54 Å². The molecule has 6 heteroatoms. The van der Waals surface area contributed by atoms with Crippen LogP contribution in [-0.4, -0.2) is 35.5 Å². The van der Waals surface area contributed by atoms with Gasteiger partial charge in [-0.05, 0) is 20.9 Å². The van der Waals surface area contributed by atoms with Crippen molar-refractivity contribution in [2.75, 3.05) is 7.05 Å². The van der Waals surface area contributed by atoms with Gasteiger partial charge in [-0.1, -0.05) is 6.47 Å². The maximum Gasteiger partial charge on any atom is 0.0942 e. The Morgan fingerprint density at radius 2 is 1.77 bits per heavy atom. The predicted octanol–water partition coefficient (Wildman–Crippen LogP) is -0.103. The van der Waals surface area contributed by atoms with Crippen molar-refractivity contribution in [1.82, 2.24) is 4.90 Å². The van der Waals surface area contributed by atoms with E-state index in [0.29, 0.717) is 6.47 Å². The molecule has 0 aromatic carbocycles. The third kappa shape index (κ3) is 9.45. The summed E-state index contributed by atoms with van der Waals surface area (Å²) >= 11 is 0. The molecule has 0 saturated heterocycles. The van der Waals surface area contributed by atoms with Crippen LogP contribution in [0, 0.1) is 11.3 Å². The van der Waals surface area contributed by atoms with Crippen molar-refractivity contribution < 1.29 is 47.4 Å². The van der Waals surface area contributed by atoms with Crippen molar-refractivity contribution in [2.45, 2.75) is 19.4 Å². The van der Waals surface area contributed by atoms with Gasteiger partial charge in [-0.15, -0.1) is 0 Å². The molecule has 0 heterocycles. The van der Waals surface area contributed by atoms with Crippen molar-refractivity contribution >= 4 is 12.9 Å². The van der Waals surface area contributed by atoms with Crippen LogP contribution in [0.15, 0.2) is 0 Å². The molecule has 0 bridgehead atoms. The molecule has 13 heavy (non-hydrogen) atoms. The largest absolute Gasteiger partial charge is 0.665 e. The fraction of sp³-hybridized carbons (Fsp3) is 0.571. The van der Waals surface area contributed by atoms with E-state index >= 15 is 0 Å². The quantitative estimate of drug-likeness (QED) is 0.554. The van der Waals surface area contributed by atoms with Gasteiger partial charge >= 0.3 is 0 Å². The zero-order chi connectivity index (χ0) is 10.2. The number of amides is 1. The van der Waals surface area contributed by atoms with E-state index in [-0.39, 0.29) is 32.7 Å². The fourth-order valence-electron chi connectivity index (χ4n) is 0.189. The van der Waals surface area contributed by atoms with Crippen LogP contribution in [-0.2, 0) is 42.3 Å². The van der Waals surface area contributed by atoms with Crippen molar-refractivity contribution in [2.24, 2.45) is 0 Å². The van der Waals surface area contributed by atoms with Crippen LogP contribution >= 0.6 is 0 Å².